The third kappa shape index (κ3) is 2.23. The summed E-state index contributed by atoms with van der Waals surface area (Å²) in [5.41, 5.74) is 10.3. The van der Waals surface area contributed by atoms with Crippen LogP contribution in [0.1, 0.15) is 0 Å². The minimum Gasteiger partial charge on any atom is -0.306 e. The van der Waals surface area contributed by atoms with Crippen LogP contribution in [-0.2, 0) is 0 Å². The first-order valence-electron chi connectivity index (χ1n) is 11.6. The Morgan fingerprint density at radius 2 is 1.18 bits per heavy atom. The first-order chi connectivity index (χ1) is 16.9. The Balaban J connectivity index is 1.74. The summed E-state index contributed by atoms with van der Waals surface area (Å²) in [6.45, 7) is 0. The lowest BCUT2D eigenvalue weighted by Crippen LogP contribution is -1.89. The van der Waals surface area contributed by atoms with Crippen LogP contribution in [0.2, 0.25) is 0 Å². The first-order valence-corrected chi connectivity index (χ1v) is 11.6. The van der Waals surface area contributed by atoms with Crippen LogP contribution in [0.25, 0.3) is 66.0 Å². The van der Waals surface area contributed by atoms with Crippen molar-refractivity contribution in [3.05, 3.63) is 115 Å². The van der Waals surface area contributed by atoms with Crippen molar-refractivity contribution in [3.63, 3.8) is 0 Å². The Kier molecular flexibility index (Phi) is 3.39. The summed E-state index contributed by atoms with van der Waals surface area (Å²) in [5, 5.41) is 3.67. The van der Waals surface area contributed by atoms with Gasteiger partial charge in [-0.05, 0) is 47.5 Å². The fourth-order valence-electron chi connectivity index (χ4n) is 5.60. The molecule has 0 saturated heterocycles. The van der Waals surface area contributed by atoms with Crippen LogP contribution in [0.5, 0.6) is 0 Å². The van der Waals surface area contributed by atoms with E-state index >= 15 is 0 Å². The summed E-state index contributed by atoms with van der Waals surface area (Å²) in [7, 11) is 0. The summed E-state index contributed by atoms with van der Waals surface area (Å²) >= 11 is 0. The molecule has 0 radical (unpaired) electrons. The highest BCUT2D eigenvalue weighted by Gasteiger charge is 2.18. The third-order valence-electron chi connectivity index (χ3n) is 7.06. The highest BCUT2D eigenvalue weighted by atomic mass is 15.0. The molecule has 0 aliphatic heterocycles. The summed E-state index contributed by atoms with van der Waals surface area (Å²) in [6, 6.07) is 41.1. The molecule has 0 aliphatic carbocycles. The Hall–Kier alpha value is -4.63. The molecule has 34 heavy (non-hydrogen) atoms. The number of nitrogens with zero attached hydrogens (tertiary/aromatic N) is 3. The van der Waals surface area contributed by atoms with Crippen molar-refractivity contribution in [1.29, 1.82) is 0 Å². The topological polar surface area (TPSA) is 21.7 Å². The molecule has 0 fully saturated rings. The van der Waals surface area contributed by atoms with Crippen molar-refractivity contribution in [2.45, 2.75) is 0 Å². The van der Waals surface area contributed by atoms with Crippen LogP contribution < -0.4 is 0 Å². The normalized spacial score (nSPS) is 12.1. The predicted molar refractivity (Wildman–Crippen MR) is 142 cm³/mol. The van der Waals surface area contributed by atoms with Crippen LogP contribution in [0, 0.1) is 0 Å². The van der Waals surface area contributed by atoms with Crippen molar-refractivity contribution >= 4 is 54.9 Å². The Morgan fingerprint density at radius 1 is 0.441 bits per heavy atom. The van der Waals surface area contributed by atoms with E-state index in [2.05, 4.69) is 124 Å². The molecule has 0 bridgehead atoms. The number of benzene rings is 5. The maximum Gasteiger partial charge on any atom is 0.147 e. The SMILES string of the molecule is c1ccc(-c2ccc3c(c2)n2c4ccccc4c4cccc(c5nc6ccccc6n35)c42)cc1. The monoisotopic (exact) mass is 433 g/mol. The van der Waals surface area contributed by atoms with Gasteiger partial charge in [0.2, 0.25) is 0 Å². The molecule has 8 rings (SSSR count). The van der Waals surface area contributed by atoms with Crippen LogP contribution in [0.15, 0.2) is 115 Å². The highest BCUT2D eigenvalue weighted by molar-refractivity contribution is 6.18. The lowest BCUT2D eigenvalue weighted by Gasteiger charge is -2.07. The van der Waals surface area contributed by atoms with Gasteiger partial charge in [-0.3, -0.25) is 4.40 Å². The van der Waals surface area contributed by atoms with Gasteiger partial charge in [0.25, 0.3) is 0 Å². The van der Waals surface area contributed by atoms with E-state index in [1.165, 1.54) is 38.4 Å². The van der Waals surface area contributed by atoms with Crippen molar-refractivity contribution in [2.24, 2.45) is 0 Å². The molecular formula is C31H19N3. The molecular weight excluding hydrogens is 414 g/mol. The fourth-order valence-corrected chi connectivity index (χ4v) is 5.60. The zero-order valence-electron chi connectivity index (χ0n) is 18.3. The standard InChI is InChI=1S/C31H19N3/c1-2-9-20(10-3-1)21-17-18-28-29(19-21)33-26-15-6-4-11-22(26)23-12-8-13-24(30(23)33)31-32-25-14-5-7-16-27(25)34(28)31/h1-19H. The zero-order valence-corrected chi connectivity index (χ0v) is 18.3. The van der Waals surface area contributed by atoms with Crippen molar-refractivity contribution in [2.75, 3.05) is 0 Å². The highest BCUT2D eigenvalue weighted by Crippen LogP contribution is 2.37. The number of fused-ring (bicyclic) bond motifs is 10. The maximum absolute atomic E-state index is 5.14. The molecule has 0 unspecified atom stereocenters. The molecule has 3 heterocycles. The average Bonchev–Trinajstić information content (AvgIpc) is 3.41. The minimum atomic E-state index is 0.988. The Bertz CT molecular complexity index is 2060. The second-order valence-corrected chi connectivity index (χ2v) is 8.88. The van der Waals surface area contributed by atoms with Gasteiger partial charge in [0.05, 0.1) is 33.1 Å². The number of aromatic nitrogens is 3. The molecule has 0 amide bonds. The molecule has 0 N–H and O–H groups in total. The number of hydrogen-bond acceptors (Lipinski definition) is 1. The number of hydrogen-bond donors (Lipinski definition) is 0. The zero-order chi connectivity index (χ0) is 22.2. The van der Waals surface area contributed by atoms with Crippen molar-refractivity contribution < 1.29 is 0 Å². The molecule has 8 aromatic rings. The van der Waals surface area contributed by atoms with E-state index in [0.717, 1.165) is 27.6 Å². The van der Waals surface area contributed by atoms with Crippen molar-refractivity contribution in [3.8, 4) is 11.1 Å². The average molecular weight is 434 g/mol. The summed E-state index contributed by atoms with van der Waals surface area (Å²) in [6.07, 6.45) is 0. The quantitative estimate of drug-likeness (QED) is 0.258. The van der Waals surface area contributed by atoms with Crippen LogP contribution in [0.3, 0.4) is 0 Å². The second-order valence-electron chi connectivity index (χ2n) is 8.88. The van der Waals surface area contributed by atoms with Crippen LogP contribution in [0.4, 0.5) is 0 Å². The molecule has 5 aromatic carbocycles. The number of para-hydroxylation sites is 4. The van der Waals surface area contributed by atoms with Gasteiger partial charge in [-0.15, -0.1) is 0 Å². The number of rotatable bonds is 1. The van der Waals surface area contributed by atoms with Gasteiger partial charge in [-0.2, -0.15) is 0 Å². The van der Waals surface area contributed by atoms with Crippen molar-refractivity contribution in [1.82, 2.24) is 13.8 Å². The largest absolute Gasteiger partial charge is 0.306 e. The van der Waals surface area contributed by atoms with E-state index in [4.69, 9.17) is 4.98 Å². The number of imidazole rings is 1. The summed E-state index contributed by atoms with van der Waals surface area (Å²) < 4.78 is 4.77. The molecule has 3 heteroatoms. The van der Waals surface area contributed by atoms with Gasteiger partial charge in [0.1, 0.15) is 5.65 Å². The maximum atomic E-state index is 5.14. The van der Waals surface area contributed by atoms with Crippen LogP contribution >= 0.6 is 0 Å². The van der Waals surface area contributed by atoms with Gasteiger partial charge < -0.3 is 4.40 Å². The van der Waals surface area contributed by atoms with Gasteiger partial charge in [0.15, 0.2) is 0 Å². The van der Waals surface area contributed by atoms with Gasteiger partial charge in [-0.25, -0.2) is 4.98 Å². The third-order valence-corrected chi connectivity index (χ3v) is 7.06. The lowest BCUT2D eigenvalue weighted by atomic mass is 10.1. The second kappa shape index (κ2) is 6.46. The van der Waals surface area contributed by atoms with E-state index in [-0.39, 0.29) is 0 Å². The predicted octanol–water partition coefficient (Wildman–Crippen LogP) is 7.87. The Morgan fingerprint density at radius 3 is 2.09 bits per heavy atom. The molecule has 3 nitrogen and oxygen atoms in total. The van der Waals surface area contributed by atoms with Gasteiger partial charge in [-0.1, -0.05) is 78.9 Å². The molecule has 0 spiro atoms. The van der Waals surface area contributed by atoms with Gasteiger partial charge >= 0.3 is 0 Å². The summed E-state index contributed by atoms with van der Waals surface area (Å²) in [5.74, 6) is 0. The van der Waals surface area contributed by atoms with Crippen LogP contribution in [-0.4, -0.2) is 13.8 Å². The molecule has 158 valence electrons. The molecule has 3 aromatic heterocycles. The van der Waals surface area contributed by atoms with E-state index in [0.29, 0.717) is 0 Å². The van der Waals surface area contributed by atoms with E-state index in [1.54, 1.807) is 0 Å². The molecule has 0 atom stereocenters. The van der Waals surface area contributed by atoms with E-state index in [9.17, 15) is 0 Å². The van der Waals surface area contributed by atoms with Gasteiger partial charge in [0, 0.05) is 16.2 Å². The summed E-state index contributed by atoms with van der Waals surface area (Å²) in [4.78, 5) is 5.14. The first kappa shape index (κ1) is 17.9. The van der Waals surface area contributed by atoms with E-state index < -0.39 is 0 Å². The van der Waals surface area contributed by atoms with E-state index in [1.807, 2.05) is 0 Å². The minimum absolute atomic E-state index is 0.988. The lowest BCUT2D eigenvalue weighted by molar-refractivity contribution is 1.30. The molecule has 0 aliphatic rings. The molecule has 0 saturated carbocycles. The fraction of sp³-hybridized carbons (Fsp3) is 0. The smallest absolute Gasteiger partial charge is 0.147 e. The Labute approximate surface area is 195 Å².